The van der Waals surface area contributed by atoms with Crippen molar-refractivity contribution >= 4 is 0 Å². The lowest BCUT2D eigenvalue weighted by molar-refractivity contribution is 0.123. The maximum atomic E-state index is 2.63. The van der Waals surface area contributed by atoms with E-state index < -0.39 is 0 Å². The Labute approximate surface area is 77.1 Å². The van der Waals surface area contributed by atoms with Gasteiger partial charge < -0.3 is 4.90 Å². The average Bonchev–Trinajstić information content (AvgIpc) is 2.10. The van der Waals surface area contributed by atoms with Crippen LogP contribution in [0.5, 0.6) is 0 Å². The van der Waals surface area contributed by atoms with Crippen LogP contribution in [0.1, 0.15) is 46.5 Å². The second-order valence-electron chi connectivity index (χ2n) is 4.05. The molecule has 0 saturated heterocycles. The van der Waals surface area contributed by atoms with Gasteiger partial charge in [0.15, 0.2) is 0 Å². The van der Waals surface area contributed by atoms with Crippen LogP contribution in [-0.4, -0.2) is 24.0 Å². The highest BCUT2D eigenvalue weighted by molar-refractivity contribution is 4.79. The second-order valence-corrected chi connectivity index (χ2v) is 4.05. The molecule has 1 rings (SSSR count). The SMILES string of the molecule is CCN(CC)C1CCCCC1C. The van der Waals surface area contributed by atoms with Crippen molar-refractivity contribution in [2.75, 3.05) is 13.1 Å². The minimum Gasteiger partial charge on any atom is -0.301 e. The van der Waals surface area contributed by atoms with Crippen molar-refractivity contribution in [1.82, 2.24) is 4.90 Å². The first-order chi connectivity index (χ1) is 5.79. The van der Waals surface area contributed by atoms with Crippen LogP contribution in [0, 0.1) is 5.92 Å². The zero-order chi connectivity index (χ0) is 8.97. The molecule has 0 amide bonds. The Morgan fingerprint density at radius 3 is 2.17 bits per heavy atom. The molecule has 1 heteroatoms. The Morgan fingerprint density at radius 2 is 1.67 bits per heavy atom. The van der Waals surface area contributed by atoms with Gasteiger partial charge in [-0.25, -0.2) is 0 Å². The van der Waals surface area contributed by atoms with Crippen molar-refractivity contribution < 1.29 is 0 Å². The van der Waals surface area contributed by atoms with Crippen LogP contribution < -0.4 is 0 Å². The van der Waals surface area contributed by atoms with E-state index in [0.717, 1.165) is 12.0 Å². The summed E-state index contributed by atoms with van der Waals surface area (Å²) in [5.74, 6) is 0.929. The van der Waals surface area contributed by atoms with Crippen molar-refractivity contribution in [2.24, 2.45) is 5.92 Å². The summed E-state index contributed by atoms with van der Waals surface area (Å²) in [6.07, 6.45) is 5.79. The third-order valence-electron chi connectivity index (χ3n) is 3.35. The minimum atomic E-state index is 0.883. The van der Waals surface area contributed by atoms with E-state index >= 15 is 0 Å². The summed E-state index contributed by atoms with van der Waals surface area (Å²) in [5.41, 5.74) is 0. The molecule has 1 fully saturated rings. The predicted molar refractivity (Wildman–Crippen MR) is 54.3 cm³/mol. The molecule has 0 N–H and O–H groups in total. The number of hydrogen-bond donors (Lipinski definition) is 0. The van der Waals surface area contributed by atoms with Crippen molar-refractivity contribution in [2.45, 2.75) is 52.5 Å². The van der Waals surface area contributed by atoms with Crippen LogP contribution in [0.4, 0.5) is 0 Å². The highest BCUT2D eigenvalue weighted by Gasteiger charge is 2.24. The molecular weight excluding hydrogens is 146 g/mol. The van der Waals surface area contributed by atoms with E-state index in [1.165, 1.54) is 38.8 Å². The normalized spacial score (nSPS) is 31.0. The lowest BCUT2D eigenvalue weighted by Gasteiger charge is -2.37. The molecule has 1 nitrogen and oxygen atoms in total. The van der Waals surface area contributed by atoms with Gasteiger partial charge in [-0.2, -0.15) is 0 Å². The highest BCUT2D eigenvalue weighted by Crippen LogP contribution is 2.27. The quantitative estimate of drug-likeness (QED) is 0.628. The van der Waals surface area contributed by atoms with E-state index in [9.17, 15) is 0 Å². The van der Waals surface area contributed by atoms with Crippen LogP contribution in [0.25, 0.3) is 0 Å². The molecule has 0 spiro atoms. The summed E-state index contributed by atoms with van der Waals surface area (Å²) < 4.78 is 0. The molecule has 12 heavy (non-hydrogen) atoms. The van der Waals surface area contributed by atoms with E-state index in [1.807, 2.05) is 0 Å². The first-order valence-corrected chi connectivity index (χ1v) is 5.53. The van der Waals surface area contributed by atoms with Crippen LogP contribution in [-0.2, 0) is 0 Å². The molecule has 0 heterocycles. The van der Waals surface area contributed by atoms with Gasteiger partial charge in [-0.1, -0.05) is 33.6 Å². The first kappa shape index (κ1) is 10.0. The predicted octanol–water partition coefficient (Wildman–Crippen LogP) is 2.91. The molecule has 0 radical (unpaired) electrons. The molecule has 2 atom stereocenters. The average molecular weight is 169 g/mol. The van der Waals surface area contributed by atoms with Crippen molar-refractivity contribution in [3.05, 3.63) is 0 Å². The molecule has 1 aliphatic rings. The van der Waals surface area contributed by atoms with Gasteiger partial charge >= 0.3 is 0 Å². The topological polar surface area (TPSA) is 3.24 Å². The Hall–Kier alpha value is -0.0400. The molecule has 0 aliphatic heterocycles. The summed E-state index contributed by atoms with van der Waals surface area (Å²) >= 11 is 0. The van der Waals surface area contributed by atoms with Gasteiger partial charge in [0.05, 0.1) is 0 Å². The standard InChI is InChI=1S/C11H23N/c1-4-12(5-2)11-9-7-6-8-10(11)3/h10-11H,4-9H2,1-3H3. The Balaban J connectivity index is 2.45. The maximum absolute atomic E-state index is 2.63. The van der Waals surface area contributed by atoms with Gasteiger partial charge in [0.1, 0.15) is 0 Å². The first-order valence-electron chi connectivity index (χ1n) is 5.53. The van der Waals surface area contributed by atoms with Crippen molar-refractivity contribution in [3.63, 3.8) is 0 Å². The highest BCUT2D eigenvalue weighted by atomic mass is 15.1. The van der Waals surface area contributed by atoms with Crippen LogP contribution in [0.3, 0.4) is 0 Å². The van der Waals surface area contributed by atoms with E-state index in [1.54, 1.807) is 0 Å². The Bertz CT molecular complexity index is 118. The Morgan fingerprint density at radius 1 is 1.08 bits per heavy atom. The summed E-state index contributed by atoms with van der Waals surface area (Å²) in [7, 11) is 0. The zero-order valence-corrected chi connectivity index (χ0v) is 8.84. The van der Waals surface area contributed by atoms with E-state index in [4.69, 9.17) is 0 Å². The molecule has 0 aromatic rings. The van der Waals surface area contributed by atoms with Gasteiger partial charge in [-0.15, -0.1) is 0 Å². The van der Waals surface area contributed by atoms with Crippen molar-refractivity contribution in [1.29, 1.82) is 0 Å². The summed E-state index contributed by atoms with van der Waals surface area (Å²) in [4.78, 5) is 2.63. The van der Waals surface area contributed by atoms with Crippen molar-refractivity contribution in [3.8, 4) is 0 Å². The molecule has 72 valence electrons. The van der Waals surface area contributed by atoms with E-state index in [0.29, 0.717) is 0 Å². The summed E-state index contributed by atoms with van der Waals surface area (Å²) in [6, 6.07) is 0.883. The molecule has 0 aromatic heterocycles. The fraction of sp³-hybridized carbons (Fsp3) is 1.00. The van der Waals surface area contributed by atoms with Crippen LogP contribution in [0.2, 0.25) is 0 Å². The number of rotatable bonds is 3. The third kappa shape index (κ3) is 2.22. The van der Waals surface area contributed by atoms with E-state index in [2.05, 4.69) is 25.7 Å². The molecule has 0 aromatic carbocycles. The van der Waals surface area contributed by atoms with Crippen LogP contribution in [0.15, 0.2) is 0 Å². The lowest BCUT2D eigenvalue weighted by atomic mass is 9.85. The molecular formula is C11H23N. The molecule has 1 aliphatic carbocycles. The maximum Gasteiger partial charge on any atom is 0.0121 e. The van der Waals surface area contributed by atoms with Gasteiger partial charge in [0.25, 0.3) is 0 Å². The number of hydrogen-bond acceptors (Lipinski definition) is 1. The number of nitrogens with zero attached hydrogens (tertiary/aromatic N) is 1. The minimum absolute atomic E-state index is 0.883. The second kappa shape index (κ2) is 4.86. The van der Waals surface area contributed by atoms with Gasteiger partial charge in [0, 0.05) is 6.04 Å². The summed E-state index contributed by atoms with van der Waals surface area (Å²) in [6.45, 7) is 9.44. The van der Waals surface area contributed by atoms with Gasteiger partial charge in [-0.05, 0) is 31.8 Å². The molecule has 0 bridgehead atoms. The van der Waals surface area contributed by atoms with Crippen LogP contribution >= 0.6 is 0 Å². The third-order valence-corrected chi connectivity index (χ3v) is 3.35. The van der Waals surface area contributed by atoms with Gasteiger partial charge in [-0.3, -0.25) is 0 Å². The smallest absolute Gasteiger partial charge is 0.0121 e. The monoisotopic (exact) mass is 169 g/mol. The Kier molecular flexibility index (Phi) is 4.07. The summed E-state index contributed by atoms with van der Waals surface area (Å²) in [5, 5.41) is 0. The fourth-order valence-electron chi connectivity index (χ4n) is 2.53. The zero-order valence-electron chi connectivity index (χ0n) is 8.84. The fourth-order valence-corrected chi connectivity index (χ4v) is 2.53. The van der Waals surface area contributed by atoms with E-state index in [-0.39, 0.29) is 0 Å². The molecule has 1 saturated carbocycles. The molecule has 2 unspecified atom stereocenters. The largest absolute Gasteiger partial charge is 0.301 e. The lowest BCUT2D eigenvalue weighted by Crippen LogP contribution is -2.41. The van der Waals surface area contributed by atoms with Gasteiger partial charge in [0.2, 0.25) is 0 Å².